The molecule has 4 heterocycles. The predicted octanol–water partition coefficient (Wildman–Crippen LogP) is 4.15. The van der Waals surface area contributed by atoms with Crippen LogP contribution < -0.4 is 14.8 Å². The van der Waals surface area contributed by atoms with Crippen molar-refractivity contribution >= 4 is 28.4 Å². The lowest BCUT2D eigenvalue weighted by Crippen LogP contribution is -2.04. The maximum atomic E-state index is 11.6. The zero-order chi connectivity index (χ0) is 23.8. The van der Waals surface area contributed by atoms with Crippen molar-refractivity contribution in [3.63, 3.8) is 0 Å². The van der Waals surface area contributed by atoms with Gasteiger partial charge in [0.25, 0.3) is 0 Å². The fraction of sp³-hybridized carbons (Fsp3) is 0.115. The van der Waals surface area contributed by atoms with Gasteiger partial charge in [-0.3, -0.25) is 14.5 Å². The molecular weight excluding hydrogens is 444 g/mol. The fourth-order valence-electron chi connectivity index (χ4n) is 4.13. The Morgan fingerprint density at radius 3 is 2.83 bits per heavy atom. The van der Waals surface area contributed by atoms with Crippen molar-refractivity contribution in [3.05, 3.63) is 84.3 Å². The summed E-state index contributed by atoms with van der Waals surface area (Å²) in [5.74, 6) is 1.91. The van der Waals surface area contributed by atoms with Crippen molar-refractivity contribution in [1.29, 1.82) is 0 Å². The molecule has 9 heteroatoms. The highest BCUT2D eigenvalue weighted by Gasteiger charge is 2.21. The fourth-order valence-corrected chi connectivity index (χ4v) is 4.13. The Balaban J connectivity index is 1.39. The molecule has 0 spiro atoms. The van der Waals surface area contributed by atoms with Crippen molar-refractivity contribution < 1.29 is 14.3 Å². The molecule has 6 rings (SSSR count). The number of esters is 1. The summed E-state index contributed by atoms with van der Waals surface area (Å²) in [6.07, 6.45) is 5.35. The summed E-state index contributed by atoms with van der Waals surface area (Å²) >= 11 is 0. The second kappa shape index (κ2) is 8.53. The Labute approximate surface area is 200 Å². The van der Waals surface area contributed by atoms with E-state index in [4.69, 9.17) is 19.6 Å². The third kappa shape index (κ3) is 3.93. The first-order chi connectivity index (χ1) is 17.2. The topological polar surface area (TPSA) is 104 Å². The van der Waals surface area contributed by atoms with Gasteiger partial charge in [0.1, 0.15) is 11.4 Å². The SMILES string of the molecule is COc1cnc(-c2nn(Cc3ccc4c(c3)OC(=O)C4)c3ccccc23)nc1Nc1ccncc1. The summed E-state index contributed by atoms with van der Waals surface area (Å²) in [5, 5.41) is 9.07. The summed E-state index contributed by atoms with van der Waals surface area (Å²) in [7, 11) is 1.58. The van der Waals surface area contributed by atoms with Crippen LogP contribution in [0.3, 0.4) is 0 Å². The number of carbonyl (C=O) groups is 1. The second-order valence-corrected chi connectivity index (χ2v) is 8.09. The second-order valence-electron chi connectivity index (χ2n) is 8.09. The van der Waals surface area contributed by atoms with Gasteiger partial charge in [0, 0.05) is 29.0 Å². The number of hydrogen-bond acceptors (Lipinski definition) is 8. The number of benzene rings is 2. The molecule has 0 fully saturated rings. The normalized spacial score (nSPS) is 12.4. The van der Waals surface area contributed by atoms with Crippen LogP contribution in [0.5, 0.6) is 11.5 Å². The monoisotopic (exact) mass is 464 g/mol. The molecule has 0 saturated carbocycles. The van der Waals surface area contributed by atoms with Crippen LogP contribution in [0.1, 0.15) is 11.1 Å². The number of pyridine rings is 1. The number of hydrogen-bond donors (Lipinski definition) is 1. The average Bonchev–Trinajstić information content (AvgIpc) is 3.44. The van der Waals surface area contributed by atoms with E-state index in [0.717, 1.165) is 27.7 Å². The number of rotatable bonds is 6. The zero-order valence-electron chi connectivity index (χ0n) is 18.8. The van der Waals surface area contributed by atoms with Gasteiger partial charge in [0.2, 0.25) is 0 Å². The molecule has 35 heavy (non-hydrogen) atoms. The van der Waals surface area contributed by atoms with Crippen molar-refractivity contribution in [3.8, 4) is 23.0 Å². The molecule has 1 aliphatic heterocycles. The zero-order valence-corrected chi connectivity index (χ0v) is 18.8. The Hall–Kier alpha value is -4.79. The number of ether oxygens (including phenoxy) is 2. The summed E-state index contributed by atoms with van der Waals surface area (Å²) in [6, 6.07) is 17.5. The van der Waals surface area contributed by atoms with E-state index in [1.807, 2.05) is 59.3 Å². The van der Waals surface area contributed by atoms with Gasteiger partial charge in [-0.15, -0.1) is 0 Å². The highest BCUT2D eigenvalue weighted by atomic mass is 16.5. The van der Waals surface area contributed by atoms with E-state index in [1.54, 1.807) is 25.7 Å². The van der Waals surface area contributed by atoms with Crippen LogP contribution in [0.15, 0.2) is 73.2 Å². The first-order valence-electron chi connectivity index (χ1n) is 11.0. The molecule has 0 bridgehead atoms. The first kappa shape index (κ1) is 20.8. The molecule has 0 unspecified atom stereocenters. The molecule has 0 aliphatic carbocycles. The van der Waals surface area contributed by atoms with Crippen LogP contribution in [-0.4, -0.2) is 37.8 Å². The van der Waals surface area contributed by atoms with Gasteiger partial charge < -0.3 is 14.8 Å². The smallest absolute Gasteiger partial charge is 0.315 e. The Bertz CT molecular complexity index is 1560. The Morgan fingerprint density at radius 1 is 1.11 bits per heavy atom. The third-order valence-electron chi connectivity index (χ3n) is 5.81. The number of aromatic nitrogens is 5. The van der Waals surface area contributed by atoms with Crippen molar-refractivity contribution in [2.45, 2.75) is 13.0 Å². The van der Waals surface area contributed by atoms with Crippen LogP contribution in [0.4, 0.5) is 11.5 Å². The Morgan fingerprint density at radius 2 is 1.97 bits per heavy atom. The molecule has 0 amide bonds. The lowest BCUT2D eigenvalue weighted by Gasteiger charge is -2.10. The van der Waals surface area contributed by atoms with Gasteiger partial charge in [-0.1, -0.05) is 30.3 Å². The van der Waals surface area contributed by atoms with E-state index in [-0.39, 0.29) is 5.97 Å². The maximum absolute atomic E-state index is 11.6. The summed E-state index contributed by atoms with van der Waals surface area (Å²) in [6.45, 7) is 0.504. The van der Waals surface area contributed by atoms with Crippen LogP contribution in [0.2, 0.25) is 0 Å². The van der Waals surface area contributed by atoms with Gasteiger partial charge in [0.05, 0.1) is 31.8 Å². The van der Waals surface area contributed by atoms with E-state index in [2.05, 4.69) is 15.3 Å². The predicted molar refractivity (Wildman–Crippen MR) is 130 cm³/mol. The highest BCUT2D eigenvalue weighted by Crippen LogP contribution is 2.32. The minimum atomic E-state index is -0.225. The maximum Gasteiger partial charge on any atom is 0.315 e. The lowest BCUT2D eigenvalue weighted by molar-refractivity contribution is -0.131. The third-order valence-corrected chi connectivity index (χ3v) is 5.81. The van der Waals surface area contributed by atoms with E-state index in [9.17, 15) is 4.79 Å². The van der Waals surface area contributed by atoms with Gasteiger partial charge in [-0.25, -0.2) is 9.97 Å². The summed E-state index contributed by atoms with van der Waals surface area (Å²) in [5.41, 5.74) is 4.33. The molecular formula is C26H20N6O3. The van der Waals surface area contributed by atoms with Crippen molar-refractivity contribution in [2.24, 2.45) is 0 Å². The van der Waals surface area contributed by atoms with E-state index in [1.165, 1.54) is 0 Å². The minimum Gasteiger partial charge on any atom is -0.491 e. The quantitative estimate of drug-likeness (QED) is 0.295. The molecule has 2 aromatic carbocycles. The van der Waals surface area contributed by atoms with Gasteiger partial charge in [-0.05, 0) is 29.8 Å². The lowest BCUT2D eigenvalue weighted by atomic mass is 10.1. The van der Waals surface area contributed by atoms with Crippen LogP contribution in [0, 0.1) is 0 Å². The largest absolute Gasteiger partial charge is 0.491 e. The number of nitrogens with one attached hydrogen (secondary N) is 1. The molecule has 0 atom stereocenters. The van der Waals surface area contributed by atoms with Gasteiger partial charge in [0.15, 0.2) is 17.4 Å². The highest BCUT2D eigenvalue weighted by molar-refractivity contribution is 5.92. The number of carbonyl (C=O) groups excluding carboxylic acids is 1. The van der Waals surface area contributed by atoms with Crippen LogP contribution in [-0.2, 0) is 17.8 Å². The molecule has 0 saturated heterocycles. The number of anilines is 2. The first-order valence-corrected chi connectivity index (χ1v) is 11.0. The number of methoxy groups -OCH3 is 1. The summed E-state index contributed by atoms with van der Waals surface area (Å²) < 4.78 is 12.7. The molecule has 172 valence electrons. The average molecular weight is 464 g/mol. The molecule has 5 aromatic rings. The Kier molecular flexibility index (Phi) is 5.07. The van der Waals surface area contributed by atoms with E-state index < -0.39 is 0 Å². The standard InChI is InChI=1S/C26H20N6O3/c1-34-22-14-28-26(30-25(22)29-18-8-10-27-11-9-18)24-19-4-2-3-5-20(19)32(31-24)15-16-6-7-17-13-23(33)35-21(17)12-16/h2-12,14H,13,15H2,1H3,(H,27,28,29,30). The van der Waals surface area contributed by atoms with Crippen molar-refractivity contribution in [1.82, 2.24) is 24.7 Å². The van der Waals surface area contributed by atoms with Crippen molar-refractivity contribution in [2.75, 3.05) is 12.4 Å². The van der Waals surface area contributed by atoms with Gasteiger partial charge >= 0.3 is 5.97 Å². The molecule has 1 aliphatic rings. The van der Waals surface area contributed by atoms with E-state index in [0.29, 0.717) is 41.8 Å². The van der Waals surface area contributed by atoms with Gasteiger partial charge in [-0.2, -0.15) is 5.10 Å². The molecule has 0 radical (unpaired) electrons. The molecule has 1 N–H and O–H groups in total. The number of fused-ring (bicyclic) bond motifs is 2. The summed E-state index contributed by atoms with van der Waals surface area (Å²) in [4.78, 5) is 24.9. The minimum absolute atomic E-state index is 0.225. The van der Waals surface area contributed by atoms with Crippen LogP contribution >= 0.6 is 0 Å². The molecule has 9 nitrogen and oxygen atoms in total. The van der Waals surface area contributed by atoms with Crippen LogP contribution in [0.25, 0.3) is 22.4 Å². The number of nitrogens with zero attached hydrogens (tertiary/aromatic N) is 5. The van der Waals surface area contributed by atoms with E-state index >= 15 is 0 Å². The molecule has 3 aromatic heterocycles. The number of para-hydroxylation sites is 1.